The van der Waals surface area contributed by atoms with Crippen LogP contribution in [0.3, 0.4) is 0 Å². The van der Waals surface area contributed by atoms with Crippen LogP contribution < -0.4 is 10.4 Å². The first-order valence-electron chi connectivity index (χ1n) is 12.7. The Balaban J connectivity index is 1.43. The number of aliphatic hydroxyl groups is 1. The van der Waals surface area contributed by atoms with Crippen molar-refractivity contribution in [1.29, 1.82) is 0 Å². The maximum Gasteiger partial charge on any atom is 0.339 e. The van der Waals surface area contributed by atoms with Gasteiger partial charge in [-0.2, -0.15) is 0 Å². The molecule has 1 saturated heterocycles. The van der Waals surface area contributed by atoms with E-state index in [-0.39, 0.29) is 23.5 Å². The van der Waals surface area contributed by atoms with E-state index in [1.807, 2.05) is 42.2 Å². The molecule has 0 bridgehead atoms. The average Bonchev–Trinajstić information content (AvgIpc) is 2.86. The monoisotopic (exact) mass is 509 g/mol. The number of nitrogens with zero attached hydrogens (tertiary/aromatic N) is 1. The SMILES string of the molecule is Cc1c(C)c2ccc(OC(C)C(=O)N3CCC4(O)CCCCC4[C@@H]3c3ccc(Cl)cc3)cc2oc1=O. The molecule has 2 aromatic carbocycles. The minimum Gasteiger partial charge on any atom is -0.481 e. The first kappa shape index (κ1) is 24.8. The van der Waals surface area contributed by atoms with Crippen molar-refractivity contribution in [2.45, 2.75) is 70.6 Å². The van der Waals surface area contributed by atoms with Gasteiger partial charge in [0.05, 0.1) is 11.6 Å². The van der Waals surface area contributed by atoms with Gasteiger partial charge in [0, 0.05) is 34.5 Å². The van der Waals surface area contributed by atoms with Crippen LogP contribution in [0, 0.1) is 19.8 Å². The largest absolute Gasteiger partial charge is 0.481 e. The van der Waals surface area contributed by atoms with Crippen molar-refractivity contribution in [3.63, 3.8) is 0 Å². The molecule has 1 aliphatic carbocycles. The highest BCUT2D eigenvalue weighted by Crippen LogP contribution is 2.49. The molecule has 1 N–H and O–H groups in total. The molecule has 3 unspecified atom stereocenters. The molecule has 190 valence electrons. The highest BCUT2D eigenvalue weighted by atomic mass is 35.5. The summed E-state index contributed by atoms with van der Waals surface area (Å²) in [7, 11) is 0. The van der Waals surface area contributed by atoms with Crippen LogP contribution in [0.2, 0.25) is 5.02 Å². The van der Waals surface area contributed by atoms with E-state index in [4.69, 9.17) is 20.8 Å². The molecule has 1 aromatic heterocycles. The normalized spacial score (nSPS) is 24.9. The summed E-state index contributed by atoms with van der Waals surface area (Å²) in [5, 5.41) is 13.0. The molecule has 2 fully saturated rings. The van der Waals surface area contributed by atoms with E-state index < -0.39 is 11.7 Å². The summed E-state index contributed by atoms with van der Waals surface area (Å²) in [6.07, 6.45) is 3.46. The number of halogens is 1. The quantitative estimate of drug-likeness (QED) is 0.454. The Morgan fingerprint density at radius 2 is 1.89 bits per heavy atom. The summed E-state index contributed by atoms with van der Waals surface area (Å²) >= 11 is 6.15. The molecule has 1 saturated carbocycles. The molecule has 3 aromatic rings. The zero-order valence-electron chi connectivity index (χ0n) is 20.9. The van der Waals surface area contributed by atoms with Crippen LogP contribution >= 0.6 is 11.6 Å². The van der Waals surface area contributed by atoms with Gasteiger partial charge in [-0.3, -0.25) is 4.79 Å². The Morgan fingerprint density at radius 3 is 2.64 bits per heavy atom. The molecule has 0 spiro atoms. The van der Waals surface area contributed by atoms with Crippen molar-refractivity contribution < 1.29 is 19.1 Å². The molecule has 6 nitrogen and oxygen atoms in total. The molecule has 1 aliphatic heterocycles. The van der Waals surface area contributed by atoms with Gasteiger partial charge in [-0.1, -0.05) is 36.6 Å². The summed E-state index contributed by atoms with van der Waals surface area (Å²) < 4.78 is 11.5. The van der Waals surface area contributed by atoms with Crippen molar-refractivity contribution in [1.82, 2.24) is 4.90 Å². The molecule has 36 heavy (non-hydrogen) atoms. The van der Waals surface area contributed by atoms with Crippen LogP contribution in [-0.4, -0.2) is 34.2 Å². The fourth-order valence-electron chi connectivity index (χ4n) is 5.99. The number of rotatable bonds is 4. The van der Waals surface area contributed by atoms with Gasteiger partial charge >= 0.3 is 5.63 Å². The Labute approximate surface area is 215 Å². The predicted molar refractivity (Wildman–Crippen MR) is 139 cm³/mol. The lowest BCUT2D eigenvalue weighted by Gasteiger charge is -2.53. The highest BCUT2D eigenvalue weighted by molar-refractivity contribution is 6.30. The number of carbonyl (C=O) groups excluding carboxylic acids is 1. The van der Waals surface area contributed by atoms with Crippen LogP contribution in [0.4, 0.5) is 0 Å². The van der Waals surface area contributed by atoms with Crippen LogP contribution in [-0.2, 0) is 4.79 Å². The van der Waals surface area contributed by atoms with E-state index in [1.165, 1.54) is 0 Å². The van der Waals surface area contributed by atoms with Gasteiger partial charge in [0.1, 0.15) is 11.3 Å². The molecule has 0 radical (unpaired) electrons. The van der Waals surface area contributed by atoms with Gasteiger partial charge in [0.25, 0.3) is 5.91 Å². The van der Waals surface area contributed by atoms with Crippen LogP contribution in [0.15, 0.2) is 51.7 Å². The van der Waals surface area contributed by atoms with Gasteiger partial charge < -0.3 is 19.2 Å². The molecule has 1 amide bonds. The van der Waals surface area contributed by atoms with E-state index in [1.54, 1.807) is 26.0 Å². The molecule has 5 rings (SSSR count). The van der Waals surface area contributed by atoms with Crippen molar-refractivity contribution in [3.8, 4) is 5.75 Å². The number of carbonyl (C=O) groups is 1. The van der Waals surface area contributed by atoms with Crippen molar-refractivity contribution in [2.75, 3.05) is 6.54 Å². The average molecular weight is 510 g/mol. The van der Waals surface area contributed by atoms with Crippen LogP contribution in [0.5, 0.6) is 5.75 Å². The Kier molecular flexibility index (Phi) is 6.60. The standard InChI is InChI=1S/C29H32ClNO5/c1-17-18(2)28(33)36-25-16-22(11-12-23(17)25)35-19(3)27(32)31-15-14-29(34)13-5-4-6-24(29)26(31)20-7-9-21(30)10-8-20/h7-12,16,19,24,26,34H,4-6,13-15H2,1-3H3/t19?,24?,26-,29?/m0/s1. The second-order valence-electron chi connectivity index (χ2n) is 10.3. The molecular formula is C29H32ClNO5. The number of ether oxygens (including phenoxy) is 1. The van der Waals surface area contributed by atoms with E-state index in [2.05, 4.69) is 0 Å². The van der Waals surface area contributed by atoms with Crippen molar-refractivity contribution >= 4 is 28.5 Å². The maximum atomic E-state index is 13.8. The molecular weight excluding hydrogens is 478 g/mol. The number of hydrogen-bond donors (Lipinski definition) is 1. The molecule has 2 heterocycles. The molecule has 7 heteroatoms. The second-order valence-corrected chi connectivity index (χ2v) is 10.7. The Hall–Kier alpha value is -2.83. The van der Waals surface area contributed by atoms with E-state index >= 15 is 0 Å². The number of likely N-dealkylation sites (tertiary alicyclic amines) is 1. The summed E-state index contributed by atoms with van der Waals surface area (Å²) in [6.45, 7) is 5.83. The second kappa shape index (κ2) is 9.56. The third kappa shape index (κ3) is 4.41. The topological polar surface area (TPSA) is 80.0 Å². The minimum absolute atomic E-state index is 0.0431. The van der Waals surface area contributed by atoms with E-state index in [0.717, 1.165) is 42.2 Å². The number of piperidine rings is 1. The van der Waals surface area contributed by atoms with Crippen LogP contribution in [0.25, 0.3) is 11.0 Å². The lowest BCUT2D eigenvalue weighted by molar-refractivity contribution is -0.161. The van der Waals surface area contributed by atoms with Gasteiger partial charge in [-0.05, 0) is 75.4 Å². The minimum atomic E-state index is -0.769. The van der Waals surface area contributed by atoms with Crippen molar-refractivity contribution in [2.24, 2.45) is 5.92 Å². The number of fused-ring (bicyclic) bond motifs is 2. The lowest BCUT2D eigenvalue weighted by atomic mass is 9.66. The van der Waals surface area contributed by atoms with Crippen molar-refractivity contribution in [3.05, 3.63) is 74.6 Å². The third-order valence-corrected chi connectivity index (χ3v) is 8.40. The van der Waals surface area contributed by atoms with Gasteiger partial charge in [0.15, 0.2) is 6.10 Å². The smallest absolute Gasteiger partial charge is 0.339 e. The Bertz CT molecular complexity index is 1350. The lowest BCUT2D eigenvalue weighted by Crippen LogP contribution is -2.58. The fraction of sp³-hybridized carbons (Fsp3) is 0.448. The summed E-state index contributed by atoms with van der Waals surface area (Å²) in [5.74, 6) is 0.284. The van der Waals surface area contributed by atoms with Gasteiger partial charge in [-0.25, -0.2) is 4.79 Å². The predicted octanol–water partition coefficient (Wildman–Crippen LogP) is 5.73. The maximum absolute atomic E-state index is 13.8. The van der Waals surface area contributed by atoms with Crippen LogP contribution in [0.1, 0.15) is 61.8 Å². The number of benzene rings is 2. The molecule has 4 atom stereocenters. The van der Waals surface area contributed by atoms with E-state index in [9.17, 15) is 14.7 Å². The van der Waals surface area contributed by atoms with Gasteiger partial charge in [0.2, 0.25) is 0 Å². The highest BCUT2D eigenvalue weighted by Gasteiger charge is 2.50. The summed E-state index contributed by atoms with van der Waals surface area (Å²) in [5.41, 5.74) is 1.72. The summed E-state index contributed by atoms with van der Waals surface area (Å²) in [4.78, 5) is 27.8. The number of aryl methyl sites for hydroxylation is 1. The number of hydrogen-bond acceptors (Lipinski definition) is 5. The third-order valence-electron chi connectivity index (χ3n) is 8.15. The fourth-order valence-corrected chi connectivity index (χ4v) is 6.12. The summed E-state index contributed by atoms with van der Waals surface area (Å²) in [6, 6.07) is 12.6. The van der Waals surface area contributed by atoms with Gasteiger partial charge in [-0.15, -0.1) is 0 Å². The first-order valence-corrected chi connectivity index (χ1v) is 13.0. The zero-order chi connectivity index (χ0) is 25.6. The number of amides is 1. The Morgan fingerprint density at radius 1 is 1.14 bits per heavy atom. The zero-order valence-corrected chi connectivity index (χ0v) is 21.7. The molecule has 2 aliphatic rings. The van der Waals surface area contributed by atoms with E-state index in [0.29, 0.717) is 34.9 Å². The first-order chi connectivity index (χ1) is 17.2.